The lowest BCUT2D eigenvalue weighted by Crippen LogP contribution is -1.94. The zero-order valence-electron chi connectivity index (χ0n) is 9.37. The maximum absolute atomic E-state index is 13.5. The zero-order valence-corrected chi connectivity index (χ0v) is 9.37. The molecule has 0 atom stereocenters. The van der Waals surface area contributed by atoms with Crippen LogP contribution in [-0.2, 0) is 0 Å². The summed E-state index contributed by atoms with van der Waals surface area (Å²) in [6, 6.07) is 13.9. The molecule has 0 unspecified atom stereocenters. The van der Waals surface area contributed by atoms with Gasteiger partial charge in [0.05, 0.1) is 17.3 Å². The van der Waals surface area contributed by atoms with Crippen LogP contribution in [0.3, 0.4) is 0 Å². The first-order valence-electron chi connectivity index (χ1n) is 5.22. The Kier molecular flexibility index (Phi) is 3.06. The number of hydrogen-bond acceptors (Lipinski definition) is 2. The van der Waals surface area contributed by atoms with Gasteiger partial charge in [-0.05, 0) is 42.8 Å². The molecule has 17 heavy (non-hydrogen) atoms. The number of benzene rings is 2. The fraction of sp³-hybridized carbons (Fsp3) is 0.0714. The van der Waals surface area contributed by atoms with Gasteiger partial charge >= 0.3 is 0 Å². The van der Waals surface area contributed by atoms with E-state index in [2.05, 4.69) is 5.32 Å². The lowest BCUT2D eigenvalue weighted by molar-refractivity contribution is 0.631. The van der Waals surface area contributed by atoms with E-state index in [9.17, 15) is 4.39 Å². The maximum atomic E-state index is 13.5. The van der Waals surface area contributed by atoms with E-state index >= 15 is 0 Å². The molecule has 0 heterocycles. The van der Waals surface area contributed by atoms with Crippen molar-refractivity contribution in [3.05, 3.63) is 59.4 Å². The fourth-order valence-corrected chi connectivity index (χ4v) is 1.56. The molecular weight excluding hydrogens is 215 g/mol. The number of hydrogen-bond donors (Lipinski definition) is 1. The quantitative estimate of drug-likeness (QED) is 0.846. The fourth-order valence-electron chi connectivity index (χ4n) is 1.56. The Morgan fingerprint density at radius 3 is 2.76 bits per heavy atom. The first-order valence-corrected chi connectivity index (χ1v) is 5.22. The molecule has 1 N–H and O–H groups in total. The van der Waals surface area contributed by atoms with Crippen molar-refractivity contribution in [3.8, 4) is 6.07 Å². The van der Waals surface area contributed by atoms with Gasteiger partial charge in [0.2, 0.25) is 0 Å². The van der Waals surface area contributed by atoms with E-state index in [1.807, 2.05) is 13.0 Å². The van der Waals surface area contributed by atoms with Crippen LogP contribution in [0.5, 0.6) is 0 Å². The average Bonchev–Trinajstić information content (AvgIpc) is 2.34. The maximum Gasteiger partial charge on any atom is 0.146 e. The second kappa shape index (κ2) is 4.67. The van der Waals surface area contributed by atoms with Crippen molar-refractivity contribution in [2.75, 3.05) is 5.32 Å². The Hall–Kier alpha value is -2.34. The minimum Gasteiger partial charge on any atom is -0.353 e. The van der Waals surface area contributed by atoms with Gasteiger partial charge in [0.25, 0.3) is 0 Å². The van der Waals surface area contributed by atoms with Crippen LogP contribution in [0, 0.1) is 24.1 Å². The van der Waals surface area contributed by atoms with Crippen LogP contribution in [0.15, 0.2) is 42.5 Å². The van der Waals surface area contributed by atoms with Crippen LogP contribution in [-0.4, -0.2) is 0 Å². The summed E-state index contributed by atoms with van der Waals surface area (Å²) < 4.78 is 13.5. The highest BCUT2D eigenvalue weighted by molar-refractivity contribution is 5.62. The predicted molar refractivity (Wildman–Crippen MR) is 65.6 cm³/mol. The van der Waals surface area contributed by atoms with E-state index in [1.165, 1.54) is 6.07 Å². The summed E-state index contributed by atoms with van der Waals surface area (Å²) in [5, 5.41) is 11.7. The minimum atomic E-state index is -0.307. The molecule has 0 aromatic heterocycles. The number of aryl methyl sites for hydroxylation is 1. The standard InChI is InChI=1S/C14H11FN2/c1-10-5-6-13(15)14(7-10)17-12-4-2-3-11(8-12)9-16/h2-8,17H,1H3. The molecule has 2 aromatic carbocycles. The lowest BCUT2D eigenvalue weighted by atomic mass is 10.2. The molecule has 0 aliphatic rings. The molecule has 2 aromatic rings. The molecule has 0 radical (unpaired) electrons. The SMILES string of the molecule is Cc1ccc(F)c(Nc2cccc(C#N)c2)c1. The molecule has 0 bridgehead atoms. The molecule has 2 rings (SSSR count). The molecule has 2 nitrogen and oxygen atoms in total. The predicted octanol–water partition coefficient (Wildman–Crippen LogP) is 3.75. The van der Waals surface area contributed by atoms with Gasteiger partial charge < -0.3 is 5.32 Å². The van der Waals surface area contributed by atoms with E-state index in [1.54, 1.807) is 36.4 Å². The zero-order chi connectivity index (χ0) is 12.3. The normalized spacial score (nSPS) is 9.71. The van der Waals surface area contributed by atoms with Gasteiger partial charge in [-0.2, -0.15) is 5.26 Å². The van der Waals surface area contributed by atoms with Crippen LogP contribution in [0.1, 0.15) is 11.1 Å². The highest BCUT2D eigenvalue weighted by atomic mass is 19.1. The van der Waals surface area contributed by atoms with Crippen molar-refractivity contribution in [2.24, 2.45) is 0 Å². The summed E-state index contributed by atoms with van der Waals surface area (Å²) in [5.41, 5.74) is 2.64. The van der Waals surface area contributed by atoms with Crippen LogP contribution in [0.2, 0.25) is 0 Å². The van der Waals surface area contributed by atoms with Gasteiger partial charge in [0, 0.05) is 5.69 Å². The van der Waals surface area contributed by atoms with Crippen molar-refractivity contribution in [1.82, 2.24) is 0 Å². The molecular formula is C14H11FN2. The lowest BCUT2D eigenvalue weighted by Gasteiger charge is -2.08. The first-order chi connectivity index (χ1) is 8.19. The van der Waals surface area contributed by atoms with Gasteiger partial charge in [-0.25, -0.2) is 4.39 Å². The van der Waals surface area contributed by atoms with Crippen molar-refractivity contribution < 1.29 is 4.39 Å². The van der Waals surface area contributed by atoms with E-state index < -0.39 is 0 Å². The molecule has 0 spiro atoms. The second-order valence-electron chi connectivity index (χ2n) is 3.80. The summed E-state index contributed by atoms with van der Waals surface area (Å²) in [6.07, 6.45) is 0. The van der Waals surface area contributed by atoms with Crippen LogP contribution >= 0.6 is 0 Å². The minimum absolute atomic E-state index is 0.307. The van der Waals surface area contributed by atoms with Gasteiger partial charge in [-0.15, -0.1) is 0 Å². The Balaban J connectivity index is 2.31. The summed E-state index contributed by atoms with van der Waals surface area (Å²) in [4.78, 5) is 0. The number of nitrogens with zero attached hydrogens (tertiary/aromatic N) is 1. The van der Waals surface area contributed by atoms with Crippen LogP contribution in [0.25, 0.3) is 0 Å². The van der Waals surface area contributed by atoms with Gasteiger partial charge in [-0.1, -0.05) is 12.1 Å². The van der Waals surface area contributed by atoms with Gasteiger partial charge in [0.1, 0.15) is 5.82 Å². The average molecular weight is 226 g/mol. The third-order valence-electron chi connectivity index (χ3n) is 2.39. The largest absolute Gasteiger partial charge is 0.353 e. The summed E-state index contributed by atoms with van der Waals surface area (Å²) in [6.45, 7) is 1.90. The Bertz CT molecular complexity index is 585. The molecule has 0 saturated heterocycles. The molecule has 84 valence electrons. The summed E-state index contributed by atoms with van der Waals surface area (Å²) in [5.74, 6) is -0.307. The number of rotatable bonds is 2. The second-order valence-corrected chi connectivity index (χ2v) is 3.80. The molecule has 0 fully saturated rings. The summed E-state index contributed by atoms with van der Waals surface area (Å²) in [7, 11) is 0. The third-order valence-corrected chi connectivity index (χ3v) is 2.39. The van der Waals surface area contributed by atoms with E-state index in [0.717, 1.165) is 5.56 Å². The Morgan fingerprint density at radius 1 is 1.18 bits per heavy atom. The number of anilines is 2. The van der Waals surface area contributed by atoms with E-state index in [4.69, 9.17) is 5.26 Å². The third kappa shape index (κ3) is 2.61. The van der Waals surface area contributed by atoms with Crippen molar-refractivity contribution in [3.63, 3.8) is 0 Å². The molecule has 0 aliphatic heterocycles. The molecule has 0 saturated carbocycles. The van der Waals surface area contributed by atoms with Gasteiger partial charge in [0.15, 0.2) is 0 Å². The number of nitrogens with one attached hydrogen (secondary N) is 1. The van der Waals surface area contributed by atoms with Gasteiger partial charge in [-0.3, -0.25) is 0 Å². The highest BCUT2D eigenvalue weighted by Gasteiger charge is 2.02. The monoisotopic (exact) mass is 226 g/mol. The Labute approximate surface area is 99.3 Å². The first kappa shape index (κ1) is 11.2. The summed E-state index contributed by atoms with van der Waals surface area (Å²) >= 11 is 0. The molecule has 3 heteroatoms. The molecule has 0 amide bonds. The van der Waals surface area contributed by atoms with Crippen LogP contribution in [0.4, 0.5) is 15.8 Å². The van der Waals surface area contributed by atoms with Crippen molar-refractivity contribution >= 4 is 11.4 Å². The number of nitriles is 1. The highest BCUT2D eigenvalue weighted by Crippen LogP contribution is 2.21. The number of halogens is 1. The van der Waals surface area contributed by atoms with E-state index in [-0.39, 0.29) is 5.82 Å². The smallest absolute Gasteiger partial charge is 0.146 e. The molecule has 0 aliphatic carbocycles. The van der Waals surface area contributed by atoms with Crippen LogP contribution < -0.4 is 5.32 Å². The Morgan fingerprint density at radius 2 is 2.00 bits per heavy atom. The van der Waals surface area contributed by atoms with Crippen molar-refractivity contribution in [1.29, 1.82) is 5.26 Å². The van der Waals surface area contributed by atoms with Crippen molar-refractivity contribution in [2.45, 2.75) is 6.92 Å². The topological polar surface area (TPSA) is 35.8 Å². The van der Waals surface area contributed by atoms with E-state index in [0.29, 0.717) is 16.9 Å².